The number of hydrogen-bond acceptors (Lipinski definition) is 8. The molecule has 14 heteroatoms. The molecule has 0 radical (unpaired) electrons. The van der Waals surface area contributed by atoms with Crippen LogP contribution in [0, 0.1) is 10.1 Å². The molecule has 0 aliphatic rings. The van der Waals surface area contributed by atoms with Gasteiger partial charge in [-0.3, -0.25) is 10.1 Å². The minimum Gasteiger partial charge on any atom is -0.478 e. The molecule has 11 nitrogen and oxygen atoms in total. The van der Waals surface area contributed by atoms with Gasteiger partial charge in [-0.2, -0.15) is 14.4 Å². The molecule has 0 spiro atoms. The zero-order chi connectivity index (χ0) is 27.4. The first-order valence-electron chi connectivity index (χ1n) is 11.7. The fraction of sp³-hybridized carbons (Fsp3) is 0.478. The zero-order valence-corrected chi connectivity index (χ0v) is 25.0. The minimum absolute atomic E-state index is 0.0403. The molecule has 0 amide bonds. The summed E-state index contributed by atoms with van der Waals surface area (Å²) in [6.07, 6.45) is 3.68. The summed E-state index contributed by atoms with van der Waals surface area (Å²) in [6.45, 7) is 11.0. The lowest BCUT2D eigenvalue weighted by molar-refractivity contribution is -0.387. The minimum atomic E-state index is -4.16. The molecule has 0 N–H and O–H groups in total. The molecule has 2 heterocycles. The van der Waals surface area contributed by atoms with Crippen LogP contribution in [0.1, 0.15) is 27.2 Å². The van der Waals surface area contributed by atoms with Crippen molar-refractivity contribution in [1.82, 2.24) is 18.9 Å². The molecule has 0 aliphatic carbocycles. The lowest BCUT2D eigenvalue weighted by atomic mass is 10.2. The van der Waals surface area contributed by atoms with Crippen LogP contribution in [-0.2, 0) is 14.4 Å². The van der Waals surface area contributed by atoms with E-state index in [0.717, 1.165) is 4.47 Å². The molecule has 0 atom stereocenters. The van der Waals surface area contributed by atoms with Crippen LogP contribution in [-0.4, -0.2) is 66.9 Å². The fourth-order valence-electron chi connectivity index (χ4n) is 3.26. The number of aromatic nitrogens is 3. The molecule has 0 saturated carbocycles. The Hall–Kier alpha value is -2.39. The van der Waals surface area contributed by atoms with E-state index in [1.165, 1.54) is 28.6 Å². The molecule has 37 heavy (non-hydrogen) atoms. The Labute approximate surface area is 226 Å². The van der Waals surface area contributed by atoms with Crippen molar-refractivity contribution in [3.05, 3.63) is 57.3 Å². The van der Waals surface area contributed by atoms with Crippen molar-refractivity contribution in [2.24, 2.45) is 0 Å². The van der Waals surface area contributed by atoms with E-state index in [-0.39, 0.29) is 36.2 Å². The fourth-order valence-corrected chi connectivity index (χ4v) is 6.28. The van der Waals surface area contributed by atoms with Gasteiger partial charge >= 0.3 is 0 Å². The largest absolute Gasteiger partial charge is 0.478 e. The first-order valence-corrected chi connectivity index (χ1v) is 16.9. The highest BCUT2D eigenvalue weighted by Crippen LogP contribution is 2.36. The maximum absolute atomic E-state index is 13.5. The van der Waals surface area contributed by atoms with Crippen molar-refractivity contribution in [1.29, 1.82) is 0 Å². The van der Waals surface area contributed by atoms with E-state index in [2.05, 4.69) is 59.9 Å². The van der Waals surface area contributed by atoms with Crippen LogP contribution in [0.4, 0.5) is 5.69 Å². The lowest BCUT2D eigenvalue weighted by Gasteiger charge is -2.36. The van der Waals surface area contributed by atoms with Crippen molar-refractivity contribution in [3.63, 3.8) is 0 Å². The molecular weight excluding hydrogens is 582 g/mol. The number of benzene rings is 1. The van der Waals surface area contributed by atoms with Crippen molar-refractivity contribution >= 4 is 45.6 Å². The Balaban J connectivity index is 1.74. The molecule has 0 aliphatic heterocycles. The van der Waals surface area contributed by atoms with E-state index in [1.807, 2.05) is 0 Å². The van der Waals surface area contributed by atoms with Crippen LogP contribution in [0.5, 0.6) is 5.88 Å². The monoisotopic (exact) mass is 613 g/mol. The molecule has 3 aromatic rings. The maximum atomic E-state index is 13.5. The third-order valence-corrected chi connectivity index (χ3v) is 13.4. The standard InChI is InChI=1S/C23H32BrN5O6SSi/c1-23(2,3)37(4,5)35-16-14-27(36(32,33)20-10-7-6-9-19(20)29(30)31)12-8-15-34-21-11-13-28-22(26-21)18(24)17-25-28/h6-7,9-11,13,17H,8,12,14-16H2,1-5H3. The normalized spacial score (nSPS) is 12.8. The van der Waals surface area contributed by atoms with Gasteiger partial charge in [0.05, 0.1) is 22.2 Å². The second-order valence-electron chi connectivity index (χ2n) is 9.97. The van der Waals surface area contributed by atoms with E-state index in [4.69, 9.17) is 9.16 Å². The number of ether oxygens (including phenoxy) is 1. The summed E-state index contributed by atoms with van der Waals surface area (Å²) >= 11 is 3.38. The van der Waals surface area contributed by atoms with Gasteiger partial charge in [0.1, 0.15) is 0 Å². The number of para-hydroxylation sites is 1. The summed E-state index contributed by atoms with van der Waals surface area (Å²) in [5.41, 5.74) is 0.138. The van der Waals surface area contributed by atoms with Crippen LogP contribution < -0.4 is 4.74 Å². The van der Waals surface area contributed by atoms with Gasteiger partial charge in [0, 0.05) is 38.0 Å². The first-order chi connectivity index (χ1) is 17.2. The SMILES string of the molecule is CC(C)(C)[Si](C)(C)OCCN(CCCOc1ccn2ncc(Br)c2n1)S(=O)(=O)c1ccccc1[N+](=O)[O-]. The number of rotatable bonds is 12. The molecule has 2 aromatic heterocycles. The van der Waals surface area contributed by atoms with Gasteiger partial charge in [0.25, 0.3) is 5.69 Å². The average molecular weight is 615 g/mol. The van der Waals surface area contributed by atoms with E-state index >= 15 is 0 Å². The predicted octanol–water partition coefficient (Wildman–Crippen LogP) is 4.88. The number of nitro groups is 1. The Bertz CT molecular complexity index is 1360. The quantitative estimate of drug-likeness (QED) is 0.122. The van der Waals surface area contributed by atoms with Crippen LogP contribution in [0.25, 0.3) is 5.65 Å². The van der Waals surface area contributed by atoms with Crippen LogP contribution in [0.3, 0.4) is 0 Å². The van der Waals surface area contributed by atoms with Crippen LogP contribution in [0.2, 0.25) is 18.1 Å². The summed E-state index contributed by atoms with van der Waals surface area (Å²) in [7, 11) is -6.28. The maximum Gasteiger partial charge on any atom is 0.289 e. The van der Waals surface area contributed by atoms with Gasteiger partial charge in [-0.15, -0.1) is 0 Å². The Kier molecular flexibility index (Phi) is 9.11. The first kappa shape index (κ1) is 29.2. The summed E-state index contributed by atoms with van der Waals surface area (Å²) < 4.78 is 42.6. The van der Waals surface area contributed by atoms with E-state index in [9.17, 15) is 18.5 Å². The topological polar surface area (TPSA) is 129 Å². The molecule has 0 fully saturated rings. The van der Waals surface area contributed by atoms with Crippen molar-refractivity contribution in [2.45, 2.75) is 50.2 Å². The number of nitro benzene ring substituents is 1. The lowest BCUT2D eigenvalue weighted by Crippen LogP contribution is -2.43. The zero-order valence-electron chi connectivity index (χ0n) is 21.5. The molecule has 0 bridgehead atoms. The van der Waals surface area contributed by atoms with Crippen LogP contribution in [0.15, 0.2) is 52.1 Å². The van der Waals surface area contributed by atoms with Gasteiger partial charge in [-0.1, -0.05) is 32.9 Å². The predicted molar refractivity (Wildman–Crippen MR) is 146 cm³/mol. The van der Waals surface area contributed by atoms with Gasteiger partial charge in [0.2, 0.25) is 15.9 Å². The van der Waals surface area contributed by atoms with Crippen LogP contribution >= 0.6 is 15.9 Å². The third-order valence-electron chi connectivity index (χ3n) is 6.39. The van der Waals surface area contributed by atoms with Gasteiger partial charge in [-0.25, -0.2) is 12.9 Å². The number of nitrogens with zero attached hydrogens (tertiary/aromatic N) is 5. The van der Waals surface area contributed by atoms with E-state index in [0.29, 0.717) is 17.9 Å². The average Bonchev–Trinajstić information content (AvgIpc) is 3.19. The second kappa shape index (κ2) is 11.6. The molecule has 1 aromatic carbocycles. The summed E-state index contributed by atoms with van der Waals surface area (Å²) in [4.78, 5) is 14.9. The molecular formula is C23H32BrN5O6SSi. The third kappa shape index (κ3) is 6.93. The highest BCUT2D eigenvalue weighted by atomic mass is 79.9. The number of hydrogen-bond donors (Lipinski definition) is 0. The van der Waals surface area contributed by atoms with Gasteiger partial charge in [-0.05, 0) is 46.5 Å². The molecule has 0 saturated heterocycles. The Morgan fingerprint density at radius 2 is 1.86 bits per heavy atom. The Morgan fingerprint density at radius 3 is 2.54 bits per heavy atom. The van der Waals surface area contributed by atoms with E-state index < -0.39 is 29.0 Å². The summed E-state index contributed by atoms with van der Waals surface area (Å²) in [5, 5.41) is 15.6. The Morgan fingerprint density at radius 1 is 1.16 bits per heavy atom. The summed E-state index contributed by atoms with van der Waals surface area (Å²) in [6, 6.07) is 7.04. The van der Waals surface area contributed by atoms with Gasteiger partial charge < -0.3 is 9.16 Å². The van der Waals surface area contributed by atoms with Gasteiger partial charge in [0.15, 0.2) is 18.9 Å². The molecule has 3 rings (SSSR count). The van der Waals surface area contributed by atoms with Crippen molar-refractivity contribution in [2.75, 3.05) is 26.3 Å². The highest BCUT2D eigenvalue weighted by Gasteiger charge is 2.38. The highest BCUT2D eigenvalue weighted by molar-refractivity contribution is 9.10. The molecule has 0 unspecified atom stereocenters. The summed E-state index contributed by atoms with van der Waals surface area (Å²) in [5.74, 6) is 0.378. The molecule has 202 valence electrons. The number of halogens is 1. The second-order valence-corrected chi connectivity index (χ2v) is 17.5. The van der Waals surface area contributed by atoms with Crippen molar-refractivity contribution in [3.8, 4) is 5.88 Å². The number of fused-ring (bicyclic) bond motifs is 1. The van der Waals surface area contributed by atoms with Crippen molar-refractivity contribution < 1.29 is 22.5 Å². The number of sulfonamides is 1. The smallest absolute Gasteiger partial charge is 0.289 e. The van der Waals surface area contributed by atoms with E-state index in [1.54, 1.807) is 23.0 Å².